The second-order valence-corrected chi connectivity index (χ2v) is 6.18. The van der Waals surface area contributed by atoms with Crippen molar-refractivity contribution < 1.29 is 19.4 Å². The Morgan fingerprint density at radius 1 is 0.962 bits per heavy atom. The zero-order valence-electron chi connectivity index (χ0n) is 15.6. The average Bonchev–Trinajstić information content (AvgIpc) is 2.67. The van der Waals surface area contributed by atoms with E-state index in [1.165, 1.54) is 0 Å². The molecule has 0 saturated heterocycles. The molecule has 0 spiro atoms. The molecule has 0 fully saturated rings. The molecule has 1 N–H and O–H groups in total. The summed E-state index contributed by atoms with van der Waals surface area (Å²) >= 11 is 0. The van der Waals surface area contributed by atoms with Gasteiger partial charge in [0.15, 0.2) is 6.10 Å². The number of aliphatic hydroxyl groups is 1. The second-order valence-electron chi connectivity index (χ2n) is 6.18. The second kappa shape index (κ2) is 10.7. The van der Waals surface area contributed by atoms with E-state index in [4.69, 9.17) is 9.47 Å². The Morgan fingerprint density at radius 2 is 1.62 bits per heavy atom. The molecule has 0 aromatic heterocycles. The molecule has 2 aromatic carbocycles. The Balaban J connectivity index is 1.89. The summed E-state index contributed by atoms with van der Waals surface area (Å²) in [7, 11) is 0. The van der Waals surface area contributed by atoms with Gasteiger partial charge in [0.05, 0.1) is 12.7 Å². The predicted octanol–water partition coefficient (Wildman–Crippen LogP) is 3.86. The minimum Gasteiger partial charge on any atom is -0.464 e. The maximum Gasteiger partial charge on any atom is 0.335 e. The third kappa shape index (κ3) is 6.28. The van der Waals surface area contributed by atoms with Crippen LogP contribution in [0, 0.1) is 0 Å². The van der Waals surface area contributed by atoms with Crippen LogP contribution in [0.3, 0.4) is 0 Å². The summed E-state index contributed by atoms with van der Waals surface area (Å²) in [6.07, 6.45) is 0.948. The number of carbonyl (C=O) groups excluding carboxylic acids is 1. The summed E-state index contributed by atoms with van der Waals surface area (Å²) in [5.41, 5.74) is 3.13. The molecule has 2 atom stereocenters. The van der Waals surface area contributed by atoms with Gasteiger partial charge in [0, 0.05) is 13.0 Å². The fraction of sp³-hybridized carbons (Fsp3) is 0.409. The monoisotopic (exact) mass is 356 g/mol. The molecule has 0 saturated carbocycles. The number of benzene rings is 2. The fourth-order valence-electron chi connectivity index (χ4n) is 2.85. The highest BCUT2D eigenvalue weighted by Crippen LogP contribution is 2.19. The van der Waals surface area contributed by atoms with Crippen molar-refractivity contribution in [2.24, 2.45) is 0 Å². The van der Waals surface area contributed by atoms with E-state index in [1.807, 2.05) is 61.5 Å². The number of aliphatic hydroxyl groups excluding tert-OH is 1. The molecule has 0 aliphatic carbocycles. The van der Waals surface area contributed by atoms with Gasteiger partial charge in [-0.25, -0.2) is 4.79 Å². The zero-order chi connectivity index (χ0) is 18.8. The van der Waals surface area contributed by atoms with Crippen LogP contribution in [0.15, 0.2) is 54.6 Å². The van der Waals surface area contributed by atoms with E-state index in [2.05, 4.69) is 0 Å². The van der Waals surface area contributed by atoms with Crippen molar-refractivity contribution in [2.75, 3.05) is 13.2 Å². The van der Waals surface area contributed by atoms with Crippen molar-refractivity contribution in [1.82, 2.24) is 0 Å². The number of aryl methyl sites for hydroxylation is 1. The van der Waals surface area contributed by atoms with E-state index < -0.39 is 12.2 Å². The lowest BCUT2D eigenvalue weighted by atomic mass is 9.99. The van der Waals surface area contributed by atoms with Crippen molar-refractivity contribution in [3.05, 3.63) is 71.3 Å². The molecular weight excluding hydrogens is 328 g/mol. The molecule has 4 heteroatoms. The number of esters is 1. The minimum absolute atomic E-state index is 0.315. The van der Waals surface area contributed by atoms with E-state index in [0.29, 0.717) is 26.1 Å². The molecule has 4 nitrogen and oxygen atoms in total. The highest BCUT2D eigenvalue weighted by Gasteiger charge is 2.20. The Kier molecular flexibility index (Phi) is 8.32. The first-order valence-corrected chi connectivity index (χ1v) is 9.23. The maximum atomic E-state index is 11.9. The molecule has 26 heavy (non-hydrogen) atoms. The van der Waals surface area contributed by atoms with Crippen LogP contribution in [0.1, 0.15) is 43.1 Å². The lowest BCUT2D eigenvalue weighted by Crippen LogP contribution is -2.29. The standard InChI is InChI=1S/C22H28O4/c1-3-25-21(22(24)26-4-2)16-18-12-10-17(11-13-18)14-15-20(23)19-8-6-5-7-9-19/h5-13,20-21,23H,3-4,14-16H2,1-2H3/t20?,21-/m0/s1. The first kappa shape index (κ1) is 20.1. The lowest BCUT2D eigenvalue weighted by Gasteiger charge is -2.16. The Hall–Kier alpha value is -2.17. The first-order valence-electron chi connectivity index (χ1n) is 9.23. The van der Waals surface area contributed by atoms with E-state index in [-0.39, 0.29) is 5.97 Å². The van der Waals surface area contributed by atoms with Gasteiger partial charge in [0.25, 0.3) is 0 Å². The maximum absolute atomic E-state index is 11.9. The van der Waals surface area contributed by atoms with E-state index in [1.54, 1.807) is 6.92 Å². The summed E-state index contributed by atoms with van der Waals surface area (Å²) in [4.78, 5) is 11.9. The van der Waals surface area contributed by atoms with Crippen molar-refractivity contribution in [2.45, 2.75) is 45.3 Å². The van der Waals surface area contributed by atoms with Gasteiger partial charge in [-0.3, -0.25) is 0 Å². The number of rotatable bonds is 10. The lowest BCUT2D eigenvalue weighted by molar-refractivity contribution is -0.156. The van der Waals surface area contributed by atoms with Gasteiger partial charge in [-0.05, 0) is 43.4 Å². The van der Waals surface area contributed by atoms with Crippen LogP contribution in [0.2, 0.25) is 0 Å². The van der Waals surface area contributed by atoms with Crippen molar-refractivity contribution >= 4 is 5.97 Å². The van der Waals surface area contributed by atoms with Crippen LogP contribution in [-0.4, -0.2) is 30.4 Å². The van der Waals surface area contributed by atoms with Crippen LogP contribution in [0.25, 0.3) is 0 Å². The number of hydrogen-bond acceptors (Lipinski definition) is 4. The Morgan fingerprint density at radius 3 is 2.23 bits per heavy atom. The molecule has 2 aromatic rings. The summed E-state index contributed by atoms with van der Waals surface area (Å²) in [6, 6.07) is 17.8. The zero-order valence-corrected chi connectivity index (χ0v) is 15.6. The molecule has 1 unspecified atom stereocenters. The third-order valence-corrected chi connectivity index (χ3v) is 4.25. The quantitative estimate of drug-likeness (QED) is 0.657. The summed E-state index contributed by atoms with van der Waals surface area (Å²) < 4.78 is 10.6. The van der Waals surface area contributed by atoms with Crippen LogP contribution in [0.5, 0.6) is 0 Å². The number of ether oxygens (including phenoxy) is 2. The average molecular weight is 356 g/mol. The van der Waals surface area contributed by atoms with E-state index in [9.17, 15) is 9.90 Å². The molecule has 0 aliphatic heterocycles. The van der Waals surface area contributed by atoms with Crippen molar-refractivity contribution in [3.63, 3.8) is 0 Å². The fourth-order valence-corrected chi connectivity index (χ4v) is 2.85. The van der Waals surface area contributed by atoms with E-state index >= 15 is 0 Å². The molecule has 140 valence electrons. The third-order valence-electron chi connectivity index (χ3n) is 4.25. The molecule has 0 bridgehead atoms. The van der Waals surface area contributed by atoms with Crippen molar-refractivity contribution in [3.8, 4) is 0 Å². The summed E-state index contributed by atoms with van der Waals surface area (Å²) in [5, 5.41) is 10.3. The minimum atomic E-state index is -0.564. The van der Waals surface area contributed by atoms with Crippen molar-refractivity contribution in [1.29, 1.82) is 0 Å². The summed E-state index contributed by atoms with van der Waals surface area (Å²) in [6.45, 7) is 4.48. The topological polar surface area (TPSA) is 55.8 Å². The largest absolute Gasteiger partial charge is 0.464 e. The highest BCUT2D eigenvalue weighted by atomic mass is 16.6. The Labute approximate surface area is 155 Å². The highest BCUT2D eigenvalue weighted by molar-refractivity contribution is 5.75. The van der Waals surface area contributed by atoms with Crippen LogP contribution in [0.4, 0.5) is 0 Å². The molecule has 0 heterocycles. The predicted molar refractivity (Wildman–Crippen MR) is 102 cm³/mol. The molecule has 0 amide bonds. The van der Waals surface area contributed by atoms with Crippen LogP contribution < -0.4 is 0 Å². The number of carbonyl (C=O) groups is 1. The van der Waals surface area contributed by atoms with Crippen LogP contribution >= 0.6 is 0 Å². The van der Waals surface area contributed by atoms with Gasteiger partial charge in [0.1, 0.15) is 0 Å². The van der Waals surface area contributed by atoms with Gasteiger partial charge in [0.2, 0.25) is 0 Å². The summed E-state index contributed by atoms with van der Waals surface area (Å²) in [5.74, 6) is -0.315. The smallest absolute Gasteiger partial charge is 0.335 e. The molecule has 2 rings (SSSR count). The van der Waals surface area contributed by atoms with Crippen LogP contribution in [-0.2, 0) is 27.1 Å². The van der Waals surface area contributed by atoms with Gasteiger partial charge in [-0.1, -0.05) is 54.6 Å². The van der Waals surface area contributed by atoms with Gasteiger partial charge in [-0.2, -0.15) is 0 Å². The van der Waals surface area contributed by atoms with E-state index in [0.717, 1.165) is 23.1 Å². The first-order chi connectivity index (χ1) is 12.6. The van der Waals surface area contributed by atoms with Gasteiger partial charge in [-0.15, -0.1) is 0 Å². The molecule has 0 radical (unpaired) electrons. The Bertz CT molecular complexity index is 652. The van der Waals surface area contributed by atoms with Gasteiger partial charge >= 0.3 is 5.97 Å². The number of hydrogen-bond donors (Lipinski definition) is 1. The molecular formula is C22H28O4. The normalized spacial score (nSPS) is 13.2. The van der Waals surface area contributed by atoms with Gasteiger partial charge < -0.3 is 14.6 Å². The molecule has 0 aliphatic rings. The SMILES string of the molecule is CCOC(=O)[C@H](Cc1ccc(CCC(O)c2ccccc2)cc1)OCC.